The number of carbonyl (C=O) groups is 1. The van der Waals surface area contributed by atoms with Gasteiger partial charge in [-0.05, 0) is 25.0 Å². The molecule has 0 aromatic carbocycles. The van der Waals surface area contributed by atoms with Gasteiger partial charge in [-0.15, -0.1) is 0 Å². The van der Waals surface area contributed by atoms with Crippen molar-refractivity contribution in [2.24, 2.45) is 0 Å². The summed E-state index contributed by atoms with van der Waals surface area (Å²) < 4.78 is 0. The van der Waals surface area contributed by atoms with Crippen LogP contribution in [0.3, 0.4) is 0 Å². The van der Waals surface area contributed by atoms with Gasteiger partial charge in [0.1, 0.15) is 5.69 Å². The zero-order valence-corrected chi connectivity index (χ0v) is 9.44. The number of amides is 1. The second-order valence-corrected chi connectivity index (χ2v) is 3.96. The molecule has 0 aliphatic heterocycles. The van der Waals surface area contributed by atoms with Crippen LogP contribution in [0.5, 0.6) is 0 Å². The number of rotatable bonds is 3. The van der Waals surface area contributed by atoms with Crippen molar-refractivity contribution in [3.63, 3.8) is 0 Å². The van der Waals surface area contributed by atoms with Gasteiger partial charge in [-0.1, -0.05) is 11.8 Å². The average Bonchev–Trinajstić information content (AvgIpc) is 3.14. The zero-order chi connectivity index (χ0) is 12.1. The van der Waals surface area contributed by atoms with Gasteiger partial charge in [0.2, 0.25) is 0 Å². The molecule has 88 valence electrons. The summed E-state index contributed by atoms with van der Waals surface area (Å²) in [6.45, 7) is 0.0578. The molecule has 1 aromatic rings. The molecule has 1 aromatic heterocycles. The van der Waals surface area contributed by atoms with Crippen molar-refractivity contribution in [3.8, 4) is 11.8 Å². The topological polar surface area (TPSA) is 62.2 Å². The third-order valence-corrected chi connectivity index (χ3v) is 2.38. The molecule has 1 amide bonds. The largest absolute Gasteiger partial charge is 0.395 e. The van der Waals surface area contributed by atoms with Crippen LogP contribution >= 0.6 is 0 Å². The lowest BCUT2D eigenvalue weighted by atomic mass is 10.2. The molecule has 0 bridgehead atoms. The predicted molar refractivity (Wildman–Crippen MR) is 63.3 cm³/mol. The van der Waals surface area contributed by atoms with Crippen molar-refractivity contribution >= 4 is 5.91 Å². The maximum absolute atomic E-state index is 11.6. The highest BCUT2D eigenvalue weighted by Crippen LogP contribution is 2.19. The summed E-state index contributed by atoms with van der Waals surface area (Å²) in [6, 6.07) is 3.77. The number of aromatic nitrogens is 1. The van der Waals surface area contributed by atoms with Crippen LogP contribution in [0.1, 0.15) is 35.3 Å². The van der Waals surface area contributed by atoms with Crippen molar-refractivity contribution in [2.75, 3.05) is 6.61 Å². The Balaban J connectivity index is 1.97. The Hall–Kier alpha value is -1.86. The van der Waals surface area contributed by atoms with E-state index in [2.05, 4.69) is 22.1 Å². The van der Waals surface area contributed by atoms with Gasteiger partial charge in [0, 0.05) is 24.2 Å². The number of hydrogen-bond acceptors (Lipinski definition) is 3. The fourth-order valence-corrected chi connectivity index (χ4v) is 1.31. The van der Waals surface area contributed by atoms with Gasteiger partial charge in [-0.2, -0.15) is 0 Å². The summed E-state index contributed by atoms with van der Waals surface area (Å²) in [5.41, 5.74) is 1.17. The minimum Gasteiger partial charge on any atom is -0.395 e. The van der Waals surface area contributed by atoms with Crippen LogP contribution in [0.15, 0.2) is 18.3 Å². The van der Waals surface area contributed by atoms with E-state index >= 15 is 0 Å². The van der Waals surface area contributed by atoms with Crippen LogP contribution in [0.25, 0.3) is 0 Å². The summed E-state index contributed by atoms with van der Waals surface area (Å²) >= 11 is 0. The molecule has 1 aliphatic carbocycles. The third kappa shape index (κ3) is 3.58. The first-order valence-corrected chi connectivity index (χ1v) is 5.66. The number of aliphatic hydroxyl groups excluding tert-OH is 1. The fraction of sp³-hybridized carbons (Fsp3) is 0.385. The van der Waals surface area contributed by atoms with E-state index in [0.717, 1.165) is 18.4 Å². The third-order valence-electron chi connectivity index (χ3n) is 2.38. The van der Waals surface area contributed by atoms with E-state index < -0.39 is 0 Å². The maximum atomic E-state index is 11.6. The highest BCUT2D eigenvalue weighted by Gasteiger charge is 2.24. The molecule has 0 radical (unpaired) electrons. The van der Waals surface area contributed by atoms with Gasteiger partial charge in [-0.25, -0.2) is 4.98 Å². The molecule has 0 spiro atoms. The van der Waals surface area contributed by atoms with E-state index in [1.807, 2.05) is 0 Å². The Bertz CT molecular complexity index is 453. The molecule has 1 aliphatic rings. The van der Waals surface area contributed by atoms with Gasteiger partial charge < -0.3 is 10.4 Å². The monoisotopic (exact) mass is 230 g/mol. The Kier molecular flexibility index (Phi) is 3.73. The summed E-state index contributed by atoms with van der Waals surface area (Å²) in [6.07, 6.45) is 4.16. The van der Waals surface area contributed by atoms with Crippen molar-refractivity contribution in [3.05, 3.63) is 29.6 Å². The van der Waals surface area contributed by atoms with Crippen LogP contribution in [0.4, 0.5) is 0 Å². The van der Waals surface area contributed by atoms with Gasteiger partial charge in [0.25, 0.3) is 5.91 Å². The molecule has 2 N–H and O–H groups in total. The minimum atomic E-state index is -0.123. The summed E-state index contributed by atoms with van der Waals surface area (Å²) in [4.78, 5) is 15.7. The standard InChI is InChI=1S/C13H14N2O2/c16-8-2-1-3-10-4-7-12(14-9-10)13(17)15-11-5-6-11/h4,7,9,11,16H,2,5-6,8H2,(H,15,17). The number of hydrogen-bond donors (Lipinski definition) is 2. The normalized spacial score (nSPS) is 13.7. The van der Waals surface area contributed by atoms with Crippen LogP contribution in [-0.2, 0) is 0 Å². The second kappa shape index (κ2) is 5.46. The Morgan fingerprint density at radius 2 is 2.35 bits per heavy atom. The van der Waals surface area contributed by atoms with Crippen molar-refractivity contribution in [1.29, 1.82) is 0 Å². The first-order chi connectivity index (χ1) is 8.29. The molecule has 2 rings (SSSR count). The molecule has 1 heterocycles. The lowest BCUT2D eigenvalue weighted by molar-refractivity contribution is 0.0946. The molecule has 0 unspecified atom stereocenters. The first-order valence-electron chi connectivity index (χ1n) is 5.66. The van der Waals surface area contributed by atoms with Gasteiger partial charge in [-0.3, -0.25) is 4.79 Å². The smallest absolute Gasteiger partial charge is 0.270 e. The van der Waals surface area contributed by atoms with Crippen molar-refractivity contribution in [1.82, 2.24) is 10.3 Å². The minimum absolute atomic E-state index is 0.0578. The lowest BCUT2D eigenvalue weighted by Crippen LogP contribution is -2.26. The molecule has 17 heavy (non-hydrogen) atoms. The molecular formula is C13H14N2O2. The molecule has 0 saturated heterocycles. The average molecular weight is 230 g/mol. The first kappa shape index (κ1) is 11.6. The van der Waals surface area contributed by atoms with Gasteiger partial charge >= 0.3 is 0 Å². The number of nitrogens with zero attached hydrogens (tertiary/aromatic N) is 1. The molecule has 4 nitrogen and oxygen atoms in total. The SMILES string of the molecule is O=C(NC1CC1)c1ccc(C#CCCO)cn1. The van der Waals surface area contributed by atoms with E-state index in [9.17, 15) is 4.79 Å². The fourth-order valence-electron chi connectivity index (χ4n) is 1.31. The molecule has 1 saturated carbocycles. The Morgan fingerprint density at radius 3 is 2.94 bits per heavy atom. The van der Waals surface area contributed by atoms with E-state index in [0.29, 0.717) is 18.2 Å². The van der Waals surface area contributed by atoms with E-state index in [1.54, 1.807) is 18.3 Å². The van der Waals surface area contributed by atoms with Crippen LogP contribution < -0.4 is 5.32 Å². The lowest BCUT2D eigenvalue weighted by Gasteiger charge is -2.01. The molecule has 0 atom stereocenters. The summed E-state index contributed by atoms with van der Waals surface area (Å²) in [5.74, 6) is 5.54. The van der Waals surface area contributed by atoms with Crippen LogP contribution in [-0.4, -0.2) is 28.6 Å². The Morgan fingerprint density at radius 1 is 1.53 bits per heavy atom. The van der Waals surface area contributed by atoms with E-state index in [1.165, 1.54) is 0 Å². The number of pyridine rings is 1. The highest BCUT2D eigenvalue weighted by atomic mass is 16.2. The quantitative estimate of drug-likeness (QED) is 0.752. The molecular weight excluding hydrogens is 216 g/mol. The maximum Gasteiger partial charge on any atom is 0.270 e. The highest BCUT2D eigenvalue weighted by molar-refractivity contribution is 5.92. The van der Waals surface area contributed by atoms with E-state index in [-0.39, 0.29) is 12.5 Å². The van der Waals surface area contributed by atoms with Crippen molar-refractivity contribution in [2.45, 2.75) is 25.3 Å². The predicted octanol–water partition coefficient (Wildman–Crippen LogP) is 0.708. The number of aliphatic hydroxyl groups is 1. The molecule has 4 heteroatoms. The van der Waals surface area contributed by atoms with Crippen LogP contribution in [0.2, 0.25) is 0 Å². The van der Waals surface area contributed by atoms with Crippen molar-refractivity contribution < 1.29 is 9.90 Å². The van der Waals surface area contributed by atoms with Gasteiger partial charge in [0.05, 0.1) is 6.61 Å². The zero-order valence-electron chi connectivity index (χ0n) is 9.44. The Labute approximate surface area is 100 Å². The number of carbonyl (C=O) groups excluding carboxylic acids is 1. The number of nitrogens with one attached hydrogen (secondary N) is 1. The summed E-state index contributed by atoms with van der Waals surface area (Å²) in [5, 5.41) is 11.5. The van der Waals surface area contributed by atoms with E-state index in [4.69, 9.17) is 5.11 Å². The second-order valence-electron chi connectivity index (χ2n) is 3.96. The van der Waals surface area contributed by atoms with Crippen LogP contribution in [0, 0.1) is 11.8 Å². The summed E-state index contributed by atoms with van der Waals surface area (Å²) in [7, 11) is 0. The molecule has 1 fully saturated rings. The van der Waals surface area contributed by atoms with Gasteiger partial charge in [0.15, 0.2) is 0 Å².